The van der Waals surface area contributed by atoms with E-state index in [4.69, 9.17) is 14.2 Å². The first-order chi connectivity index (χ1) is 17.0. The van der Waals surface area contributed by atoms with Crippen LogP contribution < -0.4 is 19.1 Å². The van der Waals surface area contributed by atoms with E-state index in [-0.39, 0.29) is 12.1 Å². The fraction of sp³-hybridized carbons (Fsp3) is 0.385. The van der Waals surface area contributed by atoms with Crippen molar-refractivity contribution in [3.8, 4) is 17.4 Å². The molecule has 2 aromatic carbocycles. The maximum Gasteiger partial charge on any atom is 0.233 e. The third-order valence-electron chi connectivity index (χ3n) is 6.69. The Balaban J connectivity index is 1.49. The minimum atomic E-state index is -0.122. The molecule has 1 saturated heterocycles. The average Bonchev–Trinajstić information content (AvgIpc) is 3.30. The second kappa shape index (κ2) is 9.50. The van der Waals surface area contributed by atoms with Gasteiger partial charge in [-0.25, -0.2) is 19.9 Å². The molecule has 0 bridgehead atoms. The minimum Gasteiger partial charge on any atom is -0.493 e. The van der Waals surface area contributed by atoms with Crippen molar-refractivity contribution in [1.82, 2.24) is 24.8 Å². The second-order valence-electron chi connectivity index (χ2n) is 9.01. The number of rotatable bonds is 7. The molecule has 0 spiro atoms. The molecular weight excluding hydrogens is 444 g/mol. The Hall–Kier alpha value is -3.72. The highest BCUT2D eigenvalue weighted by Gasteiger charge is 2.39. The van der Waals surface area contributed by atoms with Crippen LogP contribution in [0.2, 0.25) is 0 Å². The summed E-state index contributed by atoms with van der Waals surface area (Å²) >= 11 is 0. The van der Waals surface area contributed by atoms with Gasteiger partial charge in [0.15, 0.2) is 11.5 Å². The van der Waals surface area contributed by atoms with Gasteiger partial charge >= 0.3 is 0 Å². The fourth-order valence-electron chi connectivity index (χ4n) is 4.59. The number of hydrogen-bond acceptors (Lipinski definition) is 9. The number of methoxy groups -OCH3 is 2. The van der Waals surface area contributed by atoms with E-state index >= 15 is 0 Å². The van der Waals surface area contributed by atoms with Crippen LogP contribution in [0.3, 0.4) is 0 Å². The summed E-state index contributed by atoms with van der Waals surface area (Å²) in [5.41, 5.74) is 2.46. The lowest BCUT2D eigenvalue weighted by molar-refractivity contribution is 0.0954. The van der Waals surface area contributed by atoms with Gasteiger partial charge in [-0.05, 0) is 39.1 Å². The molecule has 1 aliphatic rings. The molecule has 1 aliphatic heterocycles. The first-order valence-corrected chi connectivity index (χ1v) is 11.7. The van der Waals surface area contributed by atoms with Crippen molar-refractivity contribution >= 4 is 27.8 Å². The summed E-state index contributed by atoms with van der Waals surface area (Å²) in [6.45, 7) is 5.77. The molecule has 182 valence electrons. The second-order valence-corrected chi connectivity index (χ2v) is 9.01. The number of fused-ring (bicyclic) bond motifs is 2. The number of likely N-dealkylation sites (N-methyl/N-ethyl adjacent to an activating group) is 1. The maximum absolute atomic E-state index is 6.47. The van der Waals surface area contributed by atoms with Gasteiger partial charge in [0, 0.05) is 24.0 Å². The van der Waals surface area contributed by atoms with Crippen LogP contribution in [0.15, 0.2) is 48.9 Å². The molecule has 2 unspecified atom stereocenters. The largest absolute Gasteiger partial charge is 0.493 e. The van der Waals surface area contributed by atoms with Gasteiger partial charge in [-0.3, -0.25) is 4.90 Å². The summed E-state index contributed by atoms with van der Waals surface area (Å²) in [7, 11) is 5.38. The van der Waals surface area contributed by atoms with Gasteiger partial charge < -0.3 is 19.1 Å². The smallest absolute Gasteiger partial charge is 0.233 e. The van der Waals surface area contributed by atoms with E-state index in [9.17, 15) is 0 Å². The Morgan fingerprint density at radius 3 is 2.43 bits per heavy atom. The molecular formula is C26H30N6O3. The van der Waals surface area contributed by atoms with Gasteiger partial charge in [-0.15, -0.1) is 0 Å². The zero-order chi connectivity index (χ0) is 24.5. The molecule has 9 nitrogen and oxygen atoms in total. The third kappa shape index (κ3) is 4.39. The zero-order valence-corrected chi connectivity index (χ0v) is 20.7. The Morgan fingerprint density at radius 1 is 0.943 bits per heavy atom. The van der Waals surface area contributed by atoms with Crippen LogP contribution in [-0.4, -0.2) is 77.4 Å². The van der Waals surface area contributed by atoms with Gasteiger partial charge in [-0.1, -0.05) is 12.1 Å². The van der Waals surface area contributed by atoms with Crippen molar-refractivity contribution in [3.05, 3.63) is 48.9 Å². The Bertz CT molecular complexity index is 1350. The first kappa shape index (κ1) is 23.0. The van der Waals surface area contributed by atoms with Crippen LogP contribution in [-0.2, 0) is 0 Å². The van der Waals surface area contributed by atoms with Crippen LogP contribution >= 0.6 is 0 Å². The first-order valence-electron chi connectivity index (χ1n) is 11.7. The average molecular weight is 475 g/mol. The standard InChI is InChI=1S/C26H30N6O3/c1-16(2)31(3)21-13-32(14-24(21)35-25-12-27-18-8-6-7-9-19(18)30-25)26-17-10-22(33-4)23(34-5)11-20(17)28-15-29-26/h6-12,15-16,21,24H,13-14H2,1-5H3. The Kier molecular flexibility index (Phi) is 6.25. The zero-order valence-electron chi connectivity index (χ0n) is 20.7. The number of nitrogens with zero attached hydrogens (tertiary/aromatic N) is 6. The fourth-order valence-corrected chi connectivity index (χ4v) is 4.59. The van der Waals surface area contributed by atoms with E-state index < -0.39 is 0 Å². The molecule has 3 heterocycles. The molecule has 0 radical (unpaired) electrons. The molecule has 2 aromatic heterocycles. The van der Waals surface area contributed by atoms with Crippen LogP contribution in [0.4, 0.5) is 5.82 Å². The highest BCUT2D eigenvalue weighted by Crippen LogP contribution is 2.36. The summed E-state index contributed by atoms with van der Waals surface area (Å²) in [4.78, 5) is 22.9. The van der Waals surface area contributed by atoms with E-state index in [2.05, 4.69) is 50.6 Å². The number of aromatic nitrogens is 4. The van der Waals surface area contributed by atoms with Gasteiger partial charge in [0.1, 0.15) is 18.2 Å². The third-order valence-corrected chi connectivity index (χ3v) is 6.69. The number of hydrogen-bond donors (Lipinski definition) is 0. The SMILES string of the molecule is COc1cc2ncnc(N3CC(Oc4cnc5ccccc5n4)C(N(C)C(C)C)C3)c2cc1OC. The number of ether oxygens (including phenoxy) is 3. The lowest BCUT2D eigenvalue weighted by Gasteiger charge is -2.31. The van der Waals surface area contributed by atoms with Gasteiger partial charge in [0.2, 0.25) is 5.88 Å². The molecule has 0 N–H and O–H groups in total. The number of anilines is 1. The quantitative estimate of drug-likeness (QED) is 0.399. The topological polar surface area (TPSA) is 85.7 Å². The number of para-hydroxylation sites is 2. The summed E-state index contributed by atoms with van der Waals surface area (Å²) in [5, 5.41) is 0.905. The van der Waals surface area contributed by atoms with Crippen LogP contribution in [0.25, 0.3) is 21.9 Å². The van der Waals surface area contributed by atoms with Crippen molar-refractivity contribution < 1.29 is 14.2 Å². The molecule has 9 heteroatoms. The van der Waals surface area contributed by atoms with E-state index in [1.807, 2.05) is 36.4 Å². The molecule has 1 fully saturated rings. The van der Waals surface area contributed by atoms with Crippen molar-refractivity contribution in [2.24, 2.45) is 0 Å². The van der Waals surface area contributed by atoms with E-state index in [0.717, 1.165) is 34.3 Å². The molecule has 4 aromatic rings. The maximum atomic E-state index is 6.47. The summed E-state index contributed by atoms with van der Waals surface area (Å²) in [6.07, 6.45) is 3.17. The molecule has 0 amide bonds. The lowest BCUT2D eigenvalue weighted by atomic mass is 10.1. The highest BCUT2D eigenvalue weighted by atomic mass is 16.5. The molecule has 0 saturated carbocycles. The van der Waals surface area contributed by atoms with Gasteiger partial charge in [0.25, 0.3) is 0 Å². The number of benzene rings is 2. The van der Waals surface area contributed by atoms with Crippen LogP contribution in [0.5, 0.6) is 17.4 Å². The predicted molar refractivity (Wildman–Crippen MR) is 135 cm³/mol. The van der Waals surface area contributed by atoms with Gasteiger partial charge in [0.05, 0.1) is 49.6 Å². The highest BCUT2D eigenvalue weighted by molar-refractivity contribution is 5.92. The van der Waals surface area contributed by atoms with E-state index in [1.54, 1.807) is 26.7 Å². The van der Waals surface area contributed by atoms with Crippen molar-refractivity contribution in [3.63, 3.8) is 0 Å². The molecule has 35 heavy (non-hydrogen) atoms. The Morgan fingerprint density at radius 2 is 1.69 bits per heavy atom. The van der Waals surface area contributed by atoms with Crippen LogP contribution in [0.1, 0.15) is 13.8 Å². The lowest BCUT2D eigenvalue weighted by Crippen LogP contribution is -2.46. The van der Waals surface area contributed by atoms with Crippen molar-refractivity contribution in [2.75, 3.05) is 39.3 Å². The molecule has 5 rings (SSSR count). The summed E-state index contributed by atoms with van der Waals surface area (Å²) in [5.74, 6) is 2.65. The molecule has 2 atom stereocenters. The van der Waals surface area contributed by atoms with Gasteiger partial charge in [-0.2, -0.15) is 0 Å². The normalized spacial score (nSPS) is 18.1. The summed E-state index contributed by atoms with van der Waals surface area (Å²) < 4.78 is 17.5. The van der Waals surface area contributed by atoms with Crippen molar-refractivity contribution in [2.45, 2.75) is 32.0 Å². The van der Waals surface area contributed by atoms with E-state index in [0.29, 0.717) is 30.0 Å². The molecule has 0 aliphatic carbocycles. The van der Waals surface area contributed by atoms with Crippen LogP contribution in [0, 0.1) is 0 Å². The predicted octanol–water partition coefficient (Wildman–Crippen LogP) is 3.57. The minimum absolute atomic E-state index is 0.122. The van der Waals surface area contributed by atoms with E-state index in [1.165, 1.54) is 0 Å². The monoisotopic (exact) mass is 474 g/mol. The Labute approximate surface area is 204 Å². The summed E-state index contributed by atoms with van der Waals surface area (Å²) in [6, 6.07) is 12.1. The van der Waals surface area contributed by atoms with Crippen molar-refractivity contribution in [1.29, 1.82) is 0 Å².